The molecule has 0 radical (unpaired) electrons. The molecule has 3 N–H and O–H groups in total. The lowest BCUT2D eigenvalue weighted by Gasteiger charge is -2.05. The highest BCUT2D eigenvalue weighted by atomic mass is 15.0. The fraction of sp³-hybridized carbons (Fsp3) is 0.200. The highest BCUT2D eigenvalue weighted by Crippen LogP contribution is 2.17. The number of anilines is 1. The van der Waals surface area contributed by atoms with Crippen molar-refractivity contribution in [2.45, 2.75) is 0 Å². The molecular formula is C10H12N4. The van der Waals surface area contributed by atoms with Gasteiger partial charge in [0.2, 0.25) is 0 Å². The second-order valence-corrected chi connectivity index (χ2v) is 2.95. The third-order valence-corrected chi connectivity index (χ3v) is 1.98. The number of nitrogens with two attached hydrogens (primary N) is 1. The van der Waals surface area contributed by atoms with E-state index in [1.807, 2.05) is 24.3 Å². The van der Waals surface area contributed by atoms with E-state index in [-0.39, 0.29) is 0 Å². The van der Waals surface area contributed by atoms with Crippen molar-refractivity contribution in [2.75, 3.05) is 18.4 Å². The number of para-hydroxylation sites is 1. The zero-order chi connectivity index (χ0) is 9.80. The molecule has 14 heavy (non-hydrogen) atoms. The van der Waals surface area contributed by atoms with Crippen LogP contribution in [0.25, 0.3) is 10.9 Å². The lowest BCUT2D eigenvalue weighted by Crippen LogP contribution is -2.14. The normalized spacial score (nSPS) is 10.4. The first-order valence-corrected chi connectivity index (χ1v) is 4.55. The number of rotatable bonds is 3. The highest BCUT2D eigenvalue weighted by molar-refractivity contribution is 5.88. The van der Waals surface area contributed by atoms with Crippen LogP contribution in [0.4, 0.5) is 5.82 Å². The summed E-state index contributed by atoms with van der Waals surface area (Å²) in [6.45, 7) is 1.32. The van der Waals surface area contributed by atoms with E-state index in [1.54, 1.807) is 6.33 Å². The summed E-state index contributed by atoms with van der Waals surface area (Å²) in [6, 6.07) is 7.89. The van der Waals surface area contributed by atoms with E-state index >= 15 is 0 Å². The largest absolute Gasteiger partial charge is 0.368 e. The number of hydrogen-bond donors (Lipinski definition) is 2. The quantitative estimate of drug-likeness (QED) is 0.754. The van der Waals surface area contributed by atoms with E-state index in [0.29, 0.717) is 6.54 Å². The molecule has 0 unspecified atom stereocenters. The van der Waals surface area contributed by atoms with Crippen molar-refractivity contribution in [3.05, 3.63) is 30.6 Å². The highest BCUT2D eigenvalue weighted by Gasteiger charge is 2.00. The zero-order valence-electron chi connectivity index (χ0n) is 7.77. The van der Waals surface area contributed by atoms with Crippen LogP contribution in [-0.2, 0) is 0 Å². The maximum absolute atomic E-state index is 5.41. The second kappa shape index (κ2) is 4.02. The Hall–Kier alpha value is -1.68. The Morgan fingerprint density at radius 3 is 2.93 bits per heavy atom. The van der Waals surface area contributed by atoms with Crippen molar-refractivity contribution in [1.82, 2.24) is 9.97 Å². The molecule has 0 fully saturated rings. The summed E-state index contributed by atoms with van der Waals surface area (Å²) >= 11 is 0. The molecule has 0 aliphatic rings. The van der Waals surface area contributed by atoms with Crippen LogP contribution >= 0.6 is 0 Å². The fourth-order valence-corrected chi connectivity index (χ4v) is 1.34. The van der Waals surface area contributed by atoms with E-state index in [1.165, 1.54) is 0 Å². The predicted molar refractivity (Wildman–Crippen MR) is 57.1 cm³/mol. The molecule has 72 valence electrons. The molecule has 4 nitrogen and oxygen atoms in total. The summed E-state index contributed by atoms with van der Waals surface area (Å²) in [4.78, 5) is 8.33. The third kappa shape index (κ3) is 1.65. The van der Waals surface area contributed by atoms with Gasteiger partial charge in [-0.1, -0.05) is 12.1 Å². The van der Waals surface area contributed by atoms with E-state index in [9.17, 15) is 0 Å². The lowest BCUT2D eigenvalue weighted by atomic mass is 10.2. The molecule has 0 atom stereocenters. The Morgan fingerprint density at radius 1 is 1.21 bits per heavy atom. The molecule has 0 amide bonds. The summed E-state index contributed by atoms with van der Waals surface area (Å²) in [5.41, 5.74) is 6.36. The smallest absolute Gasteiger partial charge is 0.137 e. The summed E-state index contributed by atoms with van der Waals surface area (Å²) in [7, 11) is 0. The summed E-state index contributed by atoms with van der Waals surface area (Å²) < 4.78 is 0. The first kappa shape index (κ1) is 8.90. The molecule has 0 aliphatic heterocycles. The van der Waals surface area contributed by atoms with Crippen LogP contribution in [0, 0.1) is 0 Å². The maximum Gasteiger partial charge on any atom is 0.137 e. The standard InChI is InChI=1S/C10H12N4/c11-5-6-12-10-8-3-1-2-4-9(8)13-7-14-10/h1-4,7H,5-6,11H2,(H,12,13,14). The van der Waals surface area contributed by atoms with Gasteiger partial charge in [0.15, 0.2) is 0 Å². The van der Waals surface area contributed by atoms with Crippen LogP contribution in [0.2, 0.25) is 0 Å². The van der Waals surface area contributed by atoms with Crippen LogP contribution in [0.15, 0.2) is 30.6 Å². The van der Waals surface area contributed by atoms with Crippen molar-refractivity contribution >= 4 is 16.7 Å². The fourth-order valence-electron chi connectivity index (χ4n) is 1.34. The van der Waals surface area contributed by atoms with E-state index in [4.69, 9.17) is 5.73 Å². The number of hydrogen-bond acceptors (Lipinski definition) is 4. The molecule has 0 saturated heterocycles. The number of nitrogens with zero attached hydrogens (tertiary/aromatic N) is 2. The molecule has 0 saturated carbocycles. The SMILES string of the molecule is NCCNc1ncnc2ccccc12. The van der Waals surface area contributed by atoms with Crippen LogP contribution in [0.1, 0.15) is 0 Å². The first-order valence-electron chi connectivity index (χ1n) is 4.55. The molecule has 0 bridgehead atoms. The van der Waals surface area contributed by atoms with Gasteiger partial charge in [0, 0.05) is 18.5 Å². The van der Waals surface area contributed by atoms with Gasteiger partial charge in [-0.25, -0.2) is 9.97 Å². The predicted octanol–water partition coefficient (Wildman–Crippen LogP) is 1.00. The Balaban J connectivity index is 2.43. The first-order chi connectivity index (χ1) is 6.92. The molecule has 2 rings (SSSR count). The van der Waals surface area contributed by atoms with Gasteiger partial charge in [-0.05, 0) is 12.1 Å². The van der Waals surface area contributed by atoms with Gasteiger partial charge in [0.05, 0.1) is 5.52 Å². The average molecular weight is 188 g/mol. The van der Waals surface area contributed by atoms with Gasteiger partial charge >= 0.3 is 0 Å². The van der Waals surface area contributed by atoms with E-state index in [0.717, 1.165) is 23.3 Å². The van der Waals surface area contributed by atoms with Gasteiger partial charge in [-0.3, -0.25) is 0 Å². The van der Waals surface area contributed by atoms with Gasteiger partial charge in [-0.2, -0.15) is 0 Å². The van der Waals surface area contributed by atoms with Gasteiger partial charge in [0.25, 0.3) is 0 Å². The number of nitrogens with one attached hydrogen (secondary N) is 1. The van der Waals surface area contributed by atoms with Crippen LogP contribution in [-0.4, -0.2) is 23.1 Å². The van der Waals surface area contributed by atoms with Crippen molar-refractivity contribution < 1.29 is 0 Å². The van der Waals surface area contributed by atoms with Crippen molar-refractivity contribution in [3.63, 3.8) is 0 Å². The van der Waals surface area contributed by atoms with E-state index in [2.05, 4.69) is 15.3 Å². The second-order valence-electron chi connectivity index (χ2n) is 2.95. The van der Waals surface area contributed by atoms with Gasteiger partial charge in [-0.15, -0.1) is 0 Å². The summed E-state index contributed by atoms with van der Waals surface area (Å²) in [5.74, 6) is 0.848. The van der Waals surface area contributed by atoms with Crippen molar-refractivity contribution in [2.24, 2.45) is 5.73 Å². The average Bonchev–Trinajstić information content (AvgIpc) is 2.26. The lowest BCUT2D eigenvalue weighted by molar-refractivity contribution is 1.01. The molecule has 1 aromatic carbocycles. The minimum atomic E-state index is 0.596. The Morgan fingerprint density at radius 2 is 2.07 bits per heavy atom. The van der Waals surface area contributed by atoms with Gasteiger partial charge < -0.3 is 11.1 Å². The number of benzene rings is 1. The minimum absolute atomic E-state index is 0.596. The zero-order valence-corrected chi connectivity index (χ0v) is 7.77. The Bertz CT molecular complexity index is 422. The Labute approximate surface area is 82.2 Å². The van der Waals surface area contributed by atoms with Gasteiger partial charge in [0.1, 0.15) is 12.1 Å². The molecule has 1 heterocycles. The minimum Gasteiger partial charge on any atom is -0.368 e. The van der Waals surface area contributed by atoms with E-state index < -0.39 is 0 Å². The topological polar surface area (TPSA) is 63.8 Å². The van der Waals surface area contributed by atoms with Crippen molar-refractivity contribution in [1.29, 1.82) is 0 Å². The molecule has 4 heteroatoms. The summed E-state index contributed by atoms with van der Waals surface area (Å²) in [5, 5.41) is 4.19. The monoisotopic (exact) mass is 188 g/mol. The molecule has 0 spiro atoms. The summed E-state index contributed by atoms with van der Waals surface area (Å²) in [6.07, 6.45) is 1.56. The van der Waals surface area contributed by atoms with Crippen molar-refractivity contribution in [3.8, 4) is 0 Å². The maximum atomic E-state index is 5.41. The molecule has 2 aromatic rings. The van der Waals surface area contributed by atoms with Crippen LogP contribution in [0.3, 0.4) is 0 Å². The van der Waals surface area contributed by atoms with Crippen LogP contribution in [0.5, 0.6) is 0 Å². The Kier molecular flexibility index (Phi) is 2.55. The molecule has 1 aromatic heterocycles. The molecular weight excluding hydrogens is 176 g/mol. The number of aromatic nitrogens is 2. The third-order valence-electron chi connectivity index (χ3n) is 1.98. The van der Waals surface area contributed by atoms with Crippen LogP contribution < -0.4 is 11.1 Å². The molecule has 0 aliphatic carbocycles. The number of fused-ring (bicyclic) bond motifs is 1.